The zero-order chi connectivity index (χ0) is 16.1. The number of sulfonamides is 1. The van der Waals surface area contributed by atoms with Crippen molar-refractivity contribution in [3.63, 3.8) is 0 Å². The van der Waals surface area contributed by atoms with Crippen LogP contribution >= 0.6 is 0 Å². The number of nitrogens with one attached hydrogen (secondary N) is 2. The molecule has 0 saturated carbocycles. The second kappa shape index (κ2) is 7.38. The molecule has 0 saturated heterocycles. The number of benzene rings is 1. The molecule has 21 heavy (non-hydrogen) atoms. The van der Waals surface area contributed by atoms with Gasteiger partial charge in [0.1, 0.15) is 0 Å². The zero-order valence-corrected chi connectivity index (χ0v) is 14.6. The summed E-state index contributed by atoms with van der Waals surface area (Å²) in [5.41, 5.74) is 1.80. The summed E-state index contributed by atoms with van der Waals surface area (Å²) in [7, 11) is -3.48. The standard InChI is InChI=1S/C16H28N2O2S/c1-6-13-9-10-15(11-14(13)12-17-8-3)21(19,20)18-16(4,5)7-2/h9-11,17-18H,6-8,12H2,1-5H3. The van der Waals surface area contributed by atoms with Crippen molar-refractivity contribution in [3.8, 4) is 0 Å². The minimum Gasteiger partial charge on any atom is -0.313 e. The molecule has 0 spiro atoms. The molecule has 2 N–H and O–H groups in total. The van der Waals surface area contributed by atoms with Crippen molar-refractivity contribution in [1.29, 1.82) is 0 Å². The summed E-state index contributed by atoms with van der Waals surface area (Å²) in [5, 5.41) is 3.26. The molecule has 0 fully saturated rings. The van der Waals surface area contributed by atoms with Gasteiger partial charge in [-0.1, -0.05) is 26.8 Å². The summed E-state index contributed by atoms with van der Waals surface area (Å²) < 4.78 is 27.8. The van der Waals surface area contributed by atoms with E-state index in [2.05, 4.69) is 17.0 Å². The Balaban J connectivity index is 3.12. The summed E-state index contributed by atoms with van der Waals surface area (Å²) in [6, 6.07) is 5.40. The van der Waals surface area contributed by atoms with Gasteiger partial charge in [-0.25, -0.2) is 13.1 Å². The van der Waals surface area contributed by atoms with E-state index >= 15 is 0 Å². The Hall–Kier alpha value is -0.910. The first kappa shape index (κ1) is 18.1. The van der Waals surface area contributed by atoms with Gasteiger partial charge in [0.05, 0.1) is 4.90 Å². The van der Waals surface area contributed by atoms with Gasteiger partial charge in [0.25, 0.3) is 0 Å². The molecule has 0 aliphatic rings. The van der Waals surface area contributed by atoms with Crippen molar-refractivity contribution in [2.24, 2.45) is 0 Å². The molecule has 0 bridgehead atoms. The van der Waals surface area contributed by atoms with Crippen LogP contribution in [0.2, 0.25) is 0 Å². The molecule has 0 heterocycles. The van der Waals surface area contributed by atoms with Gasteiger partial charge in [-0.2, -0.15) is 0 Å². The molecule has 0 aromatic heterocycles. The van der Waals surface area contributed by atoms with Crippen molar-refractivity contribution < 1.29 is 8.42 Å². The normalized spacial score (nSPS) is 12.6. The van der Waals surface area contributed by atoms with E-state index in [1.165, 1.54) is 5.56 Å². The summed E-state index contributed by atoms with van der Waals surface area (Å²) in [6.07, 6.45) is 1.64. The molecule has 0 aliphatic carbocycles. The second-order valence-electron chi connectivity index (χ2n) is 5.91. The van der Waals surface area contributed by atoms with Gasteiger partial charge in [0, 0.05) is 12.1 Å². The zero-order valence-electron chi connectivity index (χ0n) is 13.8. The van der Waals surface area contributed by atoms with E-state index in [1.807, 2.05) is 33.8 Å². The smallest absolute Gasteiger partial charge is 0.241 e. The average Bonchev–Trinajstić information content (AvgIpc) is 2.43. The van der Waals surface area contributed by atoms with E-state index in [0.29, 0.717) is 11.4 Å². The molecule has 5 heteroatoms. The fourth-order valence-electron chi connectivity index (χ4n) is 2.03. The first-order valence-electron chi connectivity index (χ1n) is 7.62. The summed E-state index contributed by atoms with van der Waals surface area (Å²) >= 11 is 0. The number of rotatable bonds is 8. The Morgan fingerprint density at radius 1 is 1.10 bits per heavy atom. The highest BCUT2D eigenvalue weighted by molar-refractivity contribution is 7.89. The largest absolute Gasteiger partial charge is 0.313 e. The SMILES string of the molecule is CCNCc1cc(S(=O)(=O)NC(C)(C)CC)ccc1CC. The van der Waals surface area contributed by atoms with Crippen LogP contribution in [0.5, 0.6) is 0 Å². The summed E-state index contributed by atoms with van der Waals surface area (Å²) in [6.45, 7) is 11.4. The summed E-state index contributed by atoms with van der Waals surface area (Å²) in [4.78, 5) is 0.342. The molecule has 0 aliphatic heterocycles. The fourth-order valence-corrected chi connectivity index (χ4v) is 3.57. The lowest BCUT2D eigenvalue weighted by Crippen LogP contribution is -2.42. The molecular formula is C16H28N2O2S. The van der Waals surface area contributed by atoms with Gasteiger partial charge in [-0.15, -0.1) is 0 Å². The minimum atomic E-state index is -3.48. The fraction of sp³-hybridized carbons (Fsp3) is 0.625. The predicted molar refractivity (Wildman–Crippen MR) is 87.9 cm³/mol. The van der Waals surface area contributed by atoms with Crippen LogP contribution in [0.1, 0.15) is 52.2 Å². The van der Waals surface area contributed by atoms with Crippen LogP contribution in [0.15, 0.2) is 23.1 Å². The lowest BCUT2D eigenvalue weighted by atomic mass is 10.0. The van der Waals surface area contributed by atoms with E-state index in [9.17, 15) is 8.42 Å². The quantitative estimate of drug-likeness (QED) is 0.776. The third-order valence-corrected chi connectivity index (χ3v) is 5.42. The molecular weight excluding hydrogens is 284 g/mol. The molecule has 0 amide bonds. The van der Waals surface area contributed by atoms with Gasteiger partial charge >= 0.3 is 0 Å². The maximum atomic E-state index is 12.5. The van der Waals surface area contributed by atoms with E-state index in [1.54, 1.807) is 12.1 Å². The molecule has 0 unspecified atom stereocenters. The van der Waals surface area contributed by atoms with Crippen molar-refractivity contribution in [1.82, 2.24) is 10.0 Å². The van der Waals surface area contributed by atoms with E-state index in [-0.39, 0.29) is 0 Å². The third-order valence-electron chi connectivity index (χ3n) is 3.73. The highest BCUT2D eigenvalue weighted by Gasteiger charge is 2.24. The molecule has 1 rings (SSSR count). The Morgan fingerprint density at radius 2 is 1.76 bits per heavy atom. The molecule has 120 valence electrons. The van der Waals surface area contributed by atoms with Gasteiger partial charge < -0.3 is 5.32 Å². The molecule has 0 atom stereocenters. The first-order chi connectivity index (χ1) is 9.75. The van der Waals surface area contributed by atoms with Gasteiger partial charge in [0.15, 0.2) is 0 Å². The molecule has 1 aromatic carbocycles. The van der Waals surface area contributed by atoms with Gasteiger partial charge in [-0.05, 0) is 56.5 Å². The Kier molecular flexibility index (Phi) is 6.38. The lowest BCUT2D eigenvalue weighted by Gasteiger charge is -2.24. The van der Waals surface area contributed by atoms with E-state index in [0.717, 1.165) is 24.9 Å². The molecule has 4 nitrogen and oxygen atoms in total. The highest BCUT2D eigenvalue weighted by atomic mass is 32.2. The molecule has 1 aromatic rings. The first-order valence-corrected chi connectivity index (χ1v) is 9.10. The van der Waals surface area contributed by atoms with Crippen LogP contribution < -0.4 is 10.0 Å². The van der Waals surface area contributed by atoms with Gasteiger partial charge in [-0.3, -0.25) is 0 Å². The molecule has 0 radical (unpaired) electrons. The maximum absolute atomic E-state index is 12.5. The number of hydrogen-bond acceptors (Lipinski definition) is 3. The van der Waals surface area contributed by atoms with E-state index < -0.39 is 15.6 Å². The van der Waals surface area contributed by atoms with Gasteiger partial charge in [0.2, 0.25) is 10.0 Å². The Labute approximate surface area is 129 Å². The maximum Gasteiger partial charge on any atom is 0.241 e. The Morgan fingerprint density at radius 3 is 2.29 bits per heavy atom. The van der Waals surface area contributed by atoms with Crippen LogP contribution in [0.4, 0.5) is 0 Å². The third kappa shape index (κ3) is 5.09. The Bertz CT molecular complexity index is 566. The van der Waals surface area contributed by atoms with Crippen molar-refractivity contribution >= 4 is 10.0 Å². The average molecular weight is 312 g/mol. The predicted octanol–water partition coefficient (Wildman–Crippen LogP) is 2.83. The second-order valence-corrected chi connectivity index (χ2v) is 7.59. The van der Waals surface area contributed by atoms with Crippen LogP contribution in [-0.4, -0.2) is 20.5 Å². The lowest BCUT2D eigenvalue weighted by molar-refractivity contribution is 0.439. The number of aryl methyl sites for hydroxylation is 1. The van der Waals surface area contributed by atoms with Crippen LogP contribution in [0.3, 0.4) is 0 Å². The highest BCUT2D eigenvalue weighted by Crippen LogP contribution is 2.19. The monoisotopic (exact) mass is 312 g/mol. The minimum absolute atomic E-state index is 0.342. The van der Waals surface area contributed by atoms with Crippen molar-refractivity contribution in [2.45, 2.75) is 64.4 Å². The number of hydrogen-bond donors (Lipinski definition) is 2. The van der Waals surface area contributed by atoms with Crippen LogP contribution in [0, 0.1) is 0 Å². The topological polar surface area (TPSA) is 58.2 Å². The van der Waals surface area contributed by atoms with Crippen molar-refractivity contribution in [3.05, 3.63) is 29.3 Å². The van der Waals surface area contributed by atoms with Crippen LogP contribution in [0.25, 0.3) is 0 Å². The summed E-state index contributed by atoms with van der Waals surface area (Å²) in [5.74, 6) is 0. The van der Waals surface area contributed by atoms with Crippen LogP contribution in [-0.2, 0) is 23.0 Å². The van der Waals surface area contributed by atoms with E-state index in [4.69, 9.17) is 0 Å². The van der Waals surface area contributed by atoms with Crippen molar-refractivity contribution in [2.75, 3.05) is 6.54 Å².